The zero-order valence-corrected chi connectivity index (χ0v) is 19.3. The predicted octanol–water partition coefficient (Wildman–Crippen LogP) is 5.10. The van der Waals surface area contributed by atoms with Gasteiger partial charge in [0.05, 0.1) is 17.8 Å². The van der Waals surface area contributed by atoms with E-state index in [-0.39, 0.29) is 0 Å². The van der Waals surface area contributed by atoms with Crippen molar-refractivity contribution in [3.63, 3.8) is 0 Å². The van der Waals surface area contributed by atoms with Crippen molar-refractivity contribution in [2.45, 2.75) is 12.1 Å². The molecule has 0 saturated carbocycles. The third-order valence-electron chi connectivity index (χ3n) is 5.18. The number of rotatable bonds is 7. The van der Waals surface area contributed by atoms with Gasteiger partial charge in [-0.15, -0.1) is 0 Å². The van der Waals surface area contributed by atoms with E-state index in [0.29, 0.717) is 0 Å². The molecule has 0 saturated heterocycles. The lowest BCUT2D eigenvalue weighted by molar-refractivity contribution is 0.503. The number of pyridine rings is 1. The molecule has 0 amide bonds. The van der Waals surface area contributed by atoms with Crippen LogP contribution in [0.5, 0.6) is 0 Å². The second-order valence-electron chi connectivity index (χ2n) is 7.22. The summed E-state index contributed by atoms with van der Waals surface area (Å²) in [5.41, 5.74) is 8.39. The van der Waals surface area contributed by atoms with Crippen molar-refractivity contribution in [3.8, 4) is 0 Å². The Morgan fingerprint density at radius 2 is 1.32 bits per heavy atom. The van der Waals surface area contributed by atoms with Crippen molar-refractivity contribution in [1.29, 1.82) is 0 Å². The lowest BCUT2D eigenvalue weighted by Gasteiger charge is -2.31. The van der Waals surface area contributed by atoms with Crippen LogP contribution in [0.15, 0.2) is 114 Å². The molecule has 0 spiro atoms. The van der Waals surface area contributed by atoms with Gasteiger partial charge in [0.1, 0.15) is 0 Å². The number of hydrogen-bond acceptors (Lipinski definition) is 3. The second-order valence-corrected chi connectivity index (χ2v) is 10.6. The Morgan fingerprint density at radius 1 is 0.774 bits per heavy atom. The molecule has 4 rings (SSSR count). The fourth-order valence-electron chi connectivity index (χ4n) is 3.55. The van der Waals surface area contributed by atoms with E-state index in [1.165, 1.54) is 0 Å². The first-order chi connectivity index (χ1) is 15.1. The summed E-state index contributed by atoms with van der Waals surface area (Å²) in [6, 6.07) is 31.7. The number of nitrogens with zero attached hydrogens (tertiary/aromatic N) is 1. The number of nitrogens with one attached hydrogen (secondary N) is 1. The van der Waals surface area contributed by atoms with E-state index < -0.39 is 19.4 Å². The second kappa shape index (κ2) is 9.71. The molecule has 156 valence electrons. The highest BCUT2D eigenvalue weighted by atomic mass is 79.9. The number of halogens is 1. The summed E-state index contributed by atoms with van der Waals surface area (Å²) in [4.78, 5) is 4.45. The molecule has 3 N–H and O–H groups in total. The van der Waals surface area contributed by atoms with Crippen molar-refractivity contribution in [3.05, 3.63) is 125 Å². The first-order valence-electron chi connectivity index (χ1n) is 9.99. The van der Waals surface area contributed by atoms with Gasteiger partial charge in [-0.1, -0.05) is 70.5 Å². The fraction of sp³-hybridized carbons (Fsp3) is 0.0800. The molecule has 0 radical (unpaired) electrons. The van der Waals surface area contributed by atoms with Gasteiger partial charge in [0.15, 0.2) is 0 Å². The van der Waals surface area contributed by atoms with Crippen LogP contribution in [-0.4, -0.2) is 4.98 Å². The van der Waals surface area contributed by atoms with Crippen LogP contribution in [0.1, 0.15) is 23.3 Å². The van der Waals surface area contributed by atoms with Crippen molar-refractivity contribution in [2.75, 3.05) is 0 Å². The van der Waals surface area contributed by atoms with E-state index >= 15 is 0 Å². The molecule has 3 aromatic carbocycles. The molecule has 0 unspecified atom stereocenters. The summed E-state index contributed by atoms with van der Waals surface area (Å²) in [5, 5.41) is 4.94. The third kappa shape index (κ3) is 4.86. The Kier molecular flexibility index (Phi) is 6.79. The van der Waals surface area contributed by atoms with Crippen molar-refractivity contribution in [2.24, 2.45) is 5.73 Å². The number of benzene rings is 3. The molecule has 0 fully saturated rings. The van der Waals surface area contributed by atoms with Crippen LogP contribution < -0.4 is 21.4 Å². The van der Waals surface area contributed by atoms with E-state index in [4.69, 9.17) is 5.73 Å². The average molecular weight is 492 g/mol. The maximum absolute atomic E-state index is 14.6. The highest BCUT2D eigenvalue weighted by Gasteiger charge is 2.34. The largest absolute Gasteiger partial charge is 0.321 e. The van der Waals surface area contributed by atoms with Gasteiger partial charge < -0.3 is 5.73 Å². The van der Waals surface area contributed by atoms with Crippen molar-refractivity contribution in [1.82, 2.24) is 10.1 Å². The fourth-order valence-corrected chi connectivity index (χ4v) is 6.29. The van der Waals surface area contributed by atoms with Gasteiger partial charge >= 0.3 is 0 Å². The highest BCUT2D eigenvalue weighted by Crippen LogP contribution is 2.44. The predicted molar refractivity (Wildman–Crippen MR) is 131 cm³/mol. The summed E-state index contributed by atoms with van der Waals surface area (Å²) in [6.45, 7) is 0. The normalized spacial score (nSPS) is 13.5. The van der Waals surface area contributed by atoms with Crippen molar-refractivity contribution < 1.29 is 4.57 Å². The number of nitrogens with two attached hydrogens (primary N) is 1. The van der Waals surface area contributed by atoms with Crippen molar-refractivity contribution >= 4 is 33.8 Å². The summed E-state index contributed by atoms with van der Waals surface area (Å²) in [5.74, 6) is 0. The summed E-state index contributed by atoms with van der Waals surface area (Å²) in [7, 11) is -3.20. The van der Waals surface area contributed by atoms with E-state index in [2.05, 4.69) is 26.0 Å². The molecule has 31 heavy (non-hydrogen) atoms. The van der Waals surface area contributed by atoms with Gasteiger partial charge in [-0.2, -0.15) is 0 Å². The van der Waals surface area contributed by atoms with Crippen LogP contribution >= 0.6 is 23.2 Å². The maximum Gasteiger partial charge on any atom is 0.205 e. The molecule has 1 heterocycles. The summed E-state index contributed by atoms with van der Waals surface area (Å²) in [6.07, 6.45) is 1.72. The Labute approximate surface area is 191 Å². The molecule has 0 bridgehead atoms. The molecular formula is C25H23BrN3OP. The Hall–Kier alpha value is -2.56. The van der Waals surface area contributed by atoms with Crippen LogP contribution in [0, 0.1) is 0 Å². The Balaban J connectivity index is 1.83. The maximum atomic E-state index is 14.6. The van der Waals surface area contributed by atoms with Gasteiger partial charge in [0.2, 0.25) is 7.29 Å². The molecule has 0 aliphatic carbocycles. The van der Waals surface area contributed by atoms with Crippen LogP contribution in [0.3, 0.4) is 0 Å². The van der Waals surface area contributed by atoms with Gasteiger partial charge in [-0.25, -0.2) is 0 Å². The van der Waals surface area contributed by atoms with Gasteiger partial charge in [-0.05, 0) is 54.1 Å². The third-order valence-corrected chi connectivity index (χ3v) is 8.40. The standard InChI is InChI=1S/C25H23BrN3OP/c26-20-16-14-19(15-17-20)25(24(27)23-13-7-8-18-28-23)29-31(30,21-9-3-1-4-10-21)22-11-5-2-6-12-22/h1-18,24-25H,27H2,(H,29,30)/t24-,25-/m0/s1. The highest BCUT2D eigenvalue weighted by molar-refractivity contribution is 9.10. The van der Waals surface area contributed by atoms with Crippen LogP contribution in [0.4, 0.5) is 0 Å². The van der Waals surface area contributed by atoms with E-state index in [1.807, 2.05) is 103 Å². The van der Waals surface area contributed by atoms with Gasteiger partial charge in [0.25, 0.3) is 0 Å². The zero-order chi connectivity index (χ0) is 21.7. The molecule has 4 aromatic rings. The molecule has 0 aliphatic heterocycles. The summed E-state index contributed by atoms with van der Waals surface area (Å²) < 4.78 is 15.6. The minimum Gasteiger partial charge on any atom is -0.321 e. The van der Waals surface area contributed by atoms with Crippen LogP contribution in [-0.2, 0) is 4.57 Å². The number of aromatic nitrogens is 1. The van der Waals surface area contributed by atoms with Gasteiger partial charge in [-0.3, -0.25) is 14.6 Å². The Morgan fingerprint density at radius 3 is 1.84 bits per heavy atom. The number of hydrogen-bond donors (Lipinski definition) is 2. The topological polar surface area (TPSA) is 68.0 Å². The SMILES string of the molecule is N[C@@H](c1ccccn1)[C@@H](NP(=O)(c1ccccc1)c1ccccc1)c1ccc(Br)cc1. The molecular weight excluding hydrogens is 469 g/mol. The Bertz CT molecular complexity index is 1110. The lowest BCUT2D eigenvalue weighted by atomic mass is 9.98. The quantitative estimate of drug-likeness (QED) is 0.352. The van der Waals surface area contributed by atoms with Crippen LogP contribution in [0.2, 0.25) is 0 Å². The average Bonchev–Trinajstić information content (AvgIpc) is 2.84. The molecule has 0 aliphatic rings. The molecule has 4 nitrogen and oxygen atoms in total. The van der Waals surface area contributed by atoms with Gasteiger partial charge in [0, 0.05) is 21.3 Å². The lowest BCUT2D eigenvalue weighted by Crippen LogP contribution is -2.36. The monoisotopic (exact) mass is 491 g/mol. The summed E-state index contributed by atoms with van der Waals surface area (Å²) >= 11 is 3.49. The van der Waals surface area contributed by atoms with E-state index in [9.17, 15) is 4.57 Å². The van der Waals surface area contributed by atoms with Crippen LogP contribution in [0.25, 0.3) is 0 Å². The first kappa shape index (κ1) is 21.7. The van der Waals surface area contributed by atoms with E-state index in [0.717, 1.165) is 26.3 Å². The van der Waals surface area contributed by atoms with E-state index in [1.54, 1.807) is 6.20 Å². The first-order valence-corrected chi connectivity index (χ1v) is 12.5. The molecule has 2 atom stereocenters. The smallest absolute Gasteiger partial charge is 0.205 e. The molecule has 6 heteroatoms. The minimum absolute atomic E-state index is 0.422. The minimum atomic E-state index is -3.20. The molecule has 1 aromatic heterocycles. The zero-order valence-electron chi connectivity index (χ0n) is 16.8.